The van der Waals surface area contributed by atoms with E-state index in [1.165, 1.54) is 7.11 Å². The lowest BCUT2D eigenvalue weighted by Crippen LogP contribution is -2.45. The number of aliphatic imine (C=N–C) groups is 1. The molecule has 0 amide bonds. The third-order valence-corrected chi connectivity index (χ3v) is 6.38. The second kappa shape index (κ2) is 8.17. The van der Waals surface area contributed by atoms with Gasteiger partial charge in [0.1, 0.15) is 22.9 Å². The van der Waals surface area contributed by atoms with E-state index in [1.807, 2.05) is 48.2 Å². The molecule has 0 saturated heterocycles. The number of benzene rings is 1. The number of aryl methyl sites for hydroxylation is 1. The van der Waals surface area contributed by atoms with Crippen LogP contribution >= 0.6 is 0 Å². The van der Waals surface area contributed by atoms with Crippen LogP contribution in [0.4, 0.5) is 11.5 Å². The monoisotopic (exact) mass is 443 g/mol. The quantitative estimate of drug-likeness (QED) is 0.565. The van der Waals surface area contributed by atoms with Crippen LogP contribution in [0.15, 0.2) is 58.1 Å². The number of sulfonamides is 1. The molecule has 1 aromatic heterocycles. The molecule has 0 unspecified atom stereocenters. The van der Waals surface area contributed by atoms with E-state index in [0.29, 0.717) is 18.1 Å². The maximum atomic E-state index is 12.7. The van der Waals surface area contributed by atoms with Gasteiger partial charge >= 0.3 is 0 Å². The number of amidine groups is 1. The number of aromatic amines is 1. The molecule has 0 fully saturated rings. The third kappa shape index (κ3) is 4.20. The minimum absolute atomic E-state index is 0.0882. The maximum absolute atomic E-state index is 12.7. The van der Waals surface area contributed by atoms with Crippen LogP contribution in [0.3, 0.4) is 0 Å². The van der Waals surface area contributed by atoms with E-state index >= 15 is 0 Å². The first kappa shape index (κ1) is 21.1. The van der Waals surface area contributed by atoms with E-state index < -0.39 is 10.0 Å². The Bertz CT molecular complexity index is 1200. The van der Waals surface area contributed by atoms with Crippen LogP contribution in [0.2, 0.25) is 0 Å². The summed E-state index contributed by atoms with van der Waals surface area (Å²) in [6, 6.07) is 6.98. The van der Waals surface area contributed by atoms with Crippen LogP contribution in [-0.4, -0.2) is 44.7 Å². The van der Waals surface area contributed by atoms with Crippen molar-refractivity contribution in [3.63, 3.8) is 0 Å². The zero-order valence-electron chi connectivity index (χ0n) is 17.8. The van der Waals surface area contributed by atoms with Gasteiger partial charge in [0, 0.05) is 24.0 Å². The van der Waals surface area contributed by atoms with Crippen LogP contribution in [0.1, 0.15) is 19.5 Å². The smallest absolute Gasteiger partial charge is 0.284 e. The number of ether oxygens (including phenoxy) is 1. The molecule has 163 valence electrons. The van der Waals surface area contributed by atoms with Gasteiger partial charge in [0.15, 0.2) is 12.0 Å². The highest BCUT2D eigenvalue weighted by Crippen LogP contribution is 2.31. The molecule has 2 aliphatic rings. The van der Waals surface area contributed by atoms with Crippen molar-refractivity contribution in [3.05, 3.63) is 53.9 Å². The van der Waals surface area contributed by atoms with Crippen LogP contribution in [-0.2, 0) is 10.0 Å². The lowest BCUT2D eigenvalue weighted by molar-refractivity contribution is 0.402. The molecule has 2 aromatic rings. The fraction of sp³-hybridized carbons (Fsp3) is 0.300. The van der Waals surface area contributed by atoms with Crippen molar-refractivity contribution in [2.45, 2.75) is 25.7 Å². The molecule has 3 heterocycles. The van der Waals surface area contributed by atoms with Gasteiger partial charge in [0.2, 0.25) is 10.0 Å². The average molecular weight is 444 g/mol. The molecule has 0 saturated carbocycles. The molecule has 11 heteroatoms. The van der Waals surface area contributed by atoms with Crippen LogP contribution in [0.25, 0.3) is 0 Å². The fourth-order valence-corrected chi connectivity index (χ4v) is 4.70. The van der Waals surface area contributed by atoms with Crippen molar-refractivity contribution in [1.82, 2.24) is 19.8 Å². The summed E-state index contributed by atoms with van der Waals surface area (Å²) in [6.07, 6.45) is 3.85. The number of rotatable bonds is 7. The number of allylic oxidation sites excluding steroid dienone is 1. The number of hydrogen-bond donors (Lipinski definition) is 3. The highest BCUT2D eigenvalue weighted by Gasteiger charge is 2.39. The molecule has 1 aromatic carbocycles. The van der Waals surface area contributed by atoms with Gasteiger partial charge in [0.05, 0.1) is 13.3 Å². The number of H-pyrrole nitrogens is 1. The number of methoxy groups -OCH3 is 1. The van der Waals surface area contributed by atoms with Gasteiger partial charge in [0.25, 0.3) is 11.7 Å². The molecule has 2 aliphatic heterocycles. The zero-order valence-corrected chi connectivity index (χ0v) is 18.6. The van der Waals surface area contributed by atoms with Crippen LogP contribution in [0, 0.1) is 6.92 Å². The van der Waals surface area contributed by atoms with Gasteiger partial charge in [-0.2, -0.15) is 10.1 Å². The number of nitrogens with zero attached hydrogens (tertiary/aromatic N) is 4. The van der Waals surface area contributed by atoms with Gasteiger partial charge in [-0.05, 0) is 36.9 Å². The Morgan fingerprint density at radius 2 is 2.10 bits per heavy atom. The zero-order chi connectivity index (χ0) is 22.2. The standard InChI is InChI=1S/C20H25N7O3S/c1-5-21-31(28,29)17-9-15(6-7-16(17)30-4)26-11-19-22-14(3)10-27(19)20(12-26)23-18-8-13(2)24-25-18/h6-10,12,21H,5,11H2,1-4H3,(H2,23,24,25)/q+1. The minimum atomic E-state index is -3.70. The molecule has 4 rings (SSSR count). The summed E-state index contributed by atoms with van der Waals surface area (Å²) in [5.41, 5.74) is 2.51. The Morgan fingerprint density at radius 3 is 2.77 bits per heavy atom. The summed E-state index contributed by atoms with van der Waals surface area (Å²) in [6.45, 7) is 6.35. The van der Waals surface area contributed by atoms with Crippen molar-refractivity contribution in [1.29, 1.82) is 0 Å². The normalized spacial score (nSPS) is 16.5. The summed E-state index contributed by atoms with van der Waals surface area (Å²) >= 11 is 0. The largest absolute Gasteiger partial charge is 0.495 e. The maximum Gasteiger partial charge on any atom is 0.284 e. The van der Waals surface area contributed by atoms with Crippen molar-refractivity contribution >= 4 is 27.4 Å². The highest BCUT2D eigenvalue weighted by atomic mass is 32.2. The molecule has 0 aliphatic carbocycles. The van der Waals surface area contributed by atoms with Crippen LogP contribution in [0.5, 0.6) is 5.75 Å². The first-order valence-electron chi connectivity index (χ1n) is 9.81. The topological polar surface area (TPSA) is 118 Å². The van der Waals surface area contributed by atoms with Crippen LogP contribution < -0.4 is 24.6 Å². The van der Waals surface area contributed by atoms with E-state index in [2.05, 4.69) is 25.2 Å². The lowest BCUT2D eigenvalue weighted by Gasteiger charge is -2.26. The van der Waals surface area contributed by atoms with E-state index in [0.717, 1.165) is 23.0 Å². The predicted molar refractivity (Wildman–Crippen MR) is 120 cm³/mol. The summed E-state index contributed by atoms with van der Waals surface area (Å²) in [5, 5.41) is 10.5. The molecular formula is C20H25N7O3S+. The predicted octanol–water partition coefficient (Wildman–Crippen LogP) is 2.17. The molecule has 0 atom stereocenters. The Morgan fingerprint density at radius 1 is 1.29 bits per heavy atom. The Hall–Kier alpha value is -3.15. The number of fused-ring (bicyclic) bond motifs is 1. The van der Waals surface area contributed by atoms with E-state index in [1.54, 1.807) is 19.1 Å². The van der Waals surface area contributed by atoms with Crippen molar-refractivity contribution in [2.24, 2.45) is 4.99 Å². The molecule has 0 spiro atoms. The second-order valence-electron chi connectivity index (χ2n) is 7.21. The third-order valence-electron chi connectivity index (χ3n) is 4.81. The summed E-state index contributed by atoms with van der Waals surface area (Å²) in [7, 11) is -2.25. The number of nitrogens with one attached hydrogen (secondary N) is 3. The lowest BCUT2D eigenvalue weighted by atomic mass is 10.2. The number of aromatic nitrogens is 2. The molecule has 3 N–H and O–H groups in total. The van der Waals surface area contributed by atoms with E-state index in [-0.39, 0.29) is 17.2 Å². The Balaban J connectivity index is 1.74. The summed E-state index contributed by atoms with van der Waals surface area (Å²) in [4.78, 5) is 8.61. The van der Waals surface area contributed by atoms with E-state index in [4.69, 9.17) is 4.74 Å². The van der Waals surface area contributed by atoms with Gasteiger partial charge in [-0.1, -0.05) is 6.92 Å². The molecule has 31 heavy (non-hydrogen) atoms. The average Bonchev–Trinajstić information content (AvgIpc) is 3.31. The van der Waals surface area contributed by atoms with Gasteiger partial charge in [-0.3, -0.25) is 10.4 Å². The highest BCUT2D eigenvalue weighted by molar-refractivity contribution is 7.89. The number of anilines is 2. The number of hydrogen-bond acceptors (Lipinski definition) is 8. The van der Waals surface area contributed by atoms with E-state index in [9.17, 15) is 8.42 Å². The molecule has 10 nitrogen and oxygen atoms in total. The van der Waals surface area contributed by atoms with Gasteiger partial charge in [-0.15, -0.1) is 0 Å². The fourth-order valence-electron chi connectivity index (χ4n) is 3.47. The van der Waals surface area contributed by atoms with Crippen molar-refractivity contribution in [3.8, 4) is 5.75 Å². The first-order chi connectivity index (χ1) is 14.8. The Kier molecular flexibility index (Phi) is 5.56. The van der Waals surface area contributed by atoms with Crippen molar-refractivity contribution < 1.29 is 13.2 Å². The minimum Gasteiger partial charge on any atom is -0.495 e. The second-order valence-corrected chi connectivity index (χ2v) is 8.94. The van der Waals surface area contributed by atoms with Gasteiger partial charge < -0.3 is 9.64 Å². The molecule has 1 radical (unpaired) electrons. The summed E-state index contributed by atoms with van der Waals surface area (Å²) < 4.78 is 33.2. The Labute approximate surface area is 181 Å². The summed E-state index contributed by atoms with van der Waals surface area (Å²) in [5.74, 6) is 2.53. The SMILES string of the molecule is CCNS(=O)(=O)c1cc(N2C=C(Nc3cc(C)[nH]n3)[N+]3C=C(C)N=C3C2)ccc1OC. The molecule has 0 bridgehead atoms. The molecular weight excluding hydrogens is 418 g/mol. The van der Waals surface area contributed by atoms with Crippen molar-refractivity contribution in [2.75, 3.05) is 30.4 Å². The first-order valence-corrected chi connectivity index (χ1v) is 11.3. The van der Waals surface area contributed by atoms with Gasteiger partial charge in [-0.25, -0.2) is 13.1 Å².